The van der Waals surface area contributed by atoms with Crippen molar-refractivity contribution in [3.63, 3.8) is 0 Å². The number of unbranched alkanes of at least 4 members (excludes halogenated alkanes) is 22. The molecule has 0 spiro atoms. The third kappa shape index (κ3) is 22.1. The fourth-order valence-corrected chi connectivity index (χ4v) is 7.96. The van der Waals surface area contributed by atoms with Gasteiger partial charge in [0.2, 0.25) is 0 Å². The number of halogens is 2. The standard InChI is InChI=1S/C40H78N2.2BrH/c1-3-5-7-9-11-13-15-17-19-21-23-25-33-41(35-27-28-36-41)39-31-32-40-42(37-29-30-38-42)34-26-24-22-20-18-16-14-12-10-8-6-4-2;;/h3-30,33-40H2,1-2H3;2*1H/q+2;;/p-2. The van der Waals surface area contributed by atoms with Gasteiger partial charge in [0.15, 0.2) is 0 Å². The predicted molar refractivity (Wildman–Crippen MR) is 188 cm³/mol. The molecule has 2 aliphatic heterocycles. The molecule has 0 N–H and O–H groups in total. The second-order valence-electron chi connectivity index (χ2n) is 14.9. The maximum absolute atomic E-state index is 3.77. The van der Waals surface area contributed by atoms with Crippen LogP contribution in [0.1, 0.15) is 194 Å². The summed E-state index contributed by atoms with van der Waals surface area (Å²) in [5.74, 6) is 7.53. The highest BCUT2D eigenvalue weighted by Gasteiger charge is 2.32. The summed E-state index contributed by atoms with van der Waals surface area (Å²) in [4.78, 5) is 0. The molecule has 0 aromatic carbocycles. The van der Waals surface area contributed by atoms with E-state index in [1.54, 1.807) is 0 Å². The van der Waals surface area contributed by atoms with Crippen LogP contribution in [0, 0.1) is 11.8 Å². The molecular weight excluding hydrogens is 668 g/mol. The largest absolute Gasteiger partial charge is 1.00 e. The SMILES string of the molecule is CCCCCCCCCCCCCC[N+]1(CC#CC[N+]2(CCCCCCCCCCCCCC)CCCC2)CCCC1.[Br-].[Br-]. The van der Waals surface area contributed by atoms with Gasteiger partial charge < -0.3 is 42.9 Å². The van der Waals surface area contributed by atoms with Crippen LogP contribution in [0.3, 0.4) is 0 Å². The summed E-state index contributed by atoms with van der Waals surface area (Å²) in [6, 6.07) is 0. The molecule has 262 valence electrons. The molecule has 2 saturated heterocycles. The lowest BCUT2D eigenvalue weighted by Gasteiger charge is -2.33. The molecule has 4 heteroatoms. The van der Waals surface area contributed by atoms with Gasteiger partial charge >= 0.3 is 0 Å². The topological polar surface area (TPSA) is 0 Å². The molecule has 0 radical (unpaired) electrons. The first-order chi connectivity index (χ1) is 20.7. The van der Waals surface area contributed by atoms with Crippen LogP contribution in [-0.4, -0.2) is 61.3 Å². The summed E-state index contributed by atoms with van der Waals surface area (Å²) < 4.78 is 2.65. The smallest absolute Gasteiger partial charge is 0.141 e. The van der Waals surface area contributed by atoms with E-state index in [9.17, 15) is 0 Å². The number of hydrogen-bond acceptors (Lipinski definition) is 0. The zero-order valence-corrected chi connectivity index (χ0v) is 33.3. The second kappa shape index (κ2) is 30.8. The van der Waals surface area contributed by atoms with Gasteiger partial charge in [-0.1, -0.05) is 142 Å². The van der Waals surface area contributed by atoms with E-state index in [-0.39, 0.29) is 34.0 Å². The lowest BCUT2D eigenvalue weighted by molar-refractivity contribution is -0.911. The molecule has 0 saturated carbocycles. The van der Waals surface area contributed by atoms with Crippen molar-refractivity contribution >= 4 is 0 Å². The third-order valence-electron chi connectivity index (χ3n) is 11.0. The summed E-state index contributed by atoms with van der Waals surface area (Å²) >= 11 is 0. The summed E-state index contributed by atoms with van der Waals surface area (Å²) in [6.07, 6.45) is 40.6. The molecule has 0 unspecified atom stereocenters. The van der Waals surface area contributed by atoms with Crippen molar-refractivity contribution in [2.45, 2.75) is 194 Å². The molecule has 0 bridgehead atoms. The molecule has 2 nitrogen and oxygen atoms in total. The van der Waals surface area contributed by atoms with Gasteiger partial charge in [0, 0.05) is 25.7 Å². The first-order valence-corrected chi connectivity index (χ1v) is 19.9. The van der Waals surface area contributed by atoms with Crippen LogP contribution in [0.15, 0.2) is 0 Å². The normalized spacial score (nSPS) is 16.7. The van der Waals surface area contributed by atoms with Gasteiger partial charge in [-0.25, -0.2) is 0 Å². The molecule has 2 rings (SSSR count). The van der Waals surface area contributed by atoms with Crippen molar-refractivity contribution in [1.82, 2.24) is 0 Å². The van der Waals surface area contributed by atoms with E-state index in [0.717, 1.165) is 13.1 Å². The van der Waals surface area contributed by atoms with Crippen LogP contribution >= 0.6 is 0 Å². The molecule has 2 heterocycles. The van der Waals surface area contributed by atoms with Crippen LogP contribution < -0.4 is 34.0 Å². The highest BCUT2D eigenvalue weighted by Crippen LogP contribution is 2.23. The van der Waals surface area contributed by atoms with E-state index < -0.39 is 0 Å². The van der Waals surface area contributed by atoms with Crippen LogP contribution in [0.5, 0.6) is 0 Å². The summed E-state index contributed by atoms with van der Waals surface area (Å²) in [5.41, 5.74) is 0. The Labute approximate surface area is 299 Å². The van der Waals surface area contributed by atoms with Crippen LogP contribution in [0.2, 0.25) is 0 Å². The van der Waals surface area contributed by atoms with E-state index >= 15 is 0 Å². The Morgan fingerprint density at radius 3 is 0.818 bits per heavy atom. The van der Waals surface area contributed by atoms with Gasteiger partial charge in [-0.15, -0.1) is 0 Å². The van der Waals surface area contributed by atoms with Crippen LogP contribution in [0.4, 0.5) is 0 Å². The Hall–Kier alpha value is 0.440. The van der Waals surface area contributed by atoms with Crippen molar-refractivity contribution in [2.75, 3.05) is 52.4 Å². The van der Waals surface area contributed by atoms with Gasteiger partial charge in [0.05, 0.1) is 39.3 Å². The average Bonchev–Trinajstić information content (AvgIpc) is 3.67. The Balaban J connectivity index is 0.00000924. The second-order valence-corrected chi connectivity index (χ2v) is 14.9. The zero-order chi connectivity index (χ0) is 29.9. The highest BCUT2D eigenvalue weighted by atomic mass is 79.9. The van der Waals surface area contributed by atoms with E-state index in [1.807, 2.05) is 0 Å². The van der Waals surface area contributed by atoms with Gasteiger partial charge in [-0.2, -0.15) is 0 Å². The van der Waals surface area contributed by atoms with Crippen molar-refractivity contribution in [3.05, 3.63) is 0 Å². The average molecular weight is 747 g/mol. The fraction of sp³-hybridized carbons (Fsp3) is 0.950. The first-order valence-electron chi connectivity index (χ1n) is 19.9. The maximum atomic E-state index is 3.77. The minimum atomic E-state index is 0. The van der Waals surface area contributed by atoms with E-state index in [1.165, 1.54) is 228 Å². The summed E-state index contributed by atoms with van der Waals surface area (Å²) in [6.45, 7) is 15.3. The number of quaternary nitrogens is 2. The Morgan fingerprint density at radius 1 is 0.341 bits per heavy atom. The number of rotatable bonds is 28. The molecule has 0 aliphatic carbocycles. The Kier molecular flexibility index (Phi) is 31.1. The minimum absolute atomic E-state index is 0. The molecule has 0 aromatic heterocycles. The van der Waals surface area contributed by atoms with Gasteiger partial charge in [-0.05, 0) is 37.5 Å². The van der Waals surface area contributed by atoms with E-state index in [4.69, 9.17) is 0 Å². The lowest BCUT2D eigenvalue weighted by Crippen LogP contribution is -3.00. The van der Waals surface area contributed by atoms with E-state index in [0.29, 0.717) is 0 Å². The fourth-order valence-electron chi connectivity index (χ4n) is 7.96. The molecule has 2 fully saturated rings. The predicted octanol–water partition coefficient (Wildman–Crippen LogP) is 5.62. The maximum Gasteiger partial charge on any atom is 0.141 e. The number of likely N-dealkylation sites (tertiary alicyclic amines) is 2. The molecule has 44 heavy (non-hydrogen) atoms. The van der Waals surface area contributed by atoms with Crippen molar-refractivity contribution in [2.24, 2.45) is 0 Å². The summed E-state index contributed by atoms with van der Waals surface area (Å²) in [7, 11) is 0. The van der Waals surface area contributed by atoms with Gasteiger partial charge in [0.25, 0.3) is 0 Å². The monoisotopic (exact) mass is 744 g/mol. The first kappa shape index (κ1) is 44.4. The molecule has 0 amide bonds. The van der Waals surface area contributed by atoms with Crippen LogP contribution in [0.25, 0.3) is 0 Å². The third-order valence-corrected chi connectivity index (χ3v) is 11.0. The highest BCUT2D eigenvalue weighted by molar-refractivity contribution is 5.00. The van der Waals surface area contributed by atoms with Gasteiger partial charge in [0.1, 0.15) is 13.1 Å². The van der Waals surface area contributed by atoms with Crippen molar-refractivity contribution < 1.29 is 42.9 Å². The van der Waals surface area contributed by atoms with Gasteiger partial charge in [-0.3, -0.25) is 0 Å². The summed E-state index contributed by atoms with van der Waals surface area (Å²) in [5, 5.41) is 0. The van der Waals surface area contributed by atoms with Crippen molar-refractivity contribution in [3.8, 4) is 11.8 Å². The number of nitrogens with zero attached hydrogens (tertiary/aromatic N) is 2. The quantitative estimate of drug-likeness (QED) is 0.0555. The molecule has 0 aromatic rings. The lowest BCUT2D eigenvalue weighted by atomic mass is 10.1. The Bertz CT molecular complexity index is 604. The number of hydrogen-bond donors (Lipinski definition) is 0. The Morgan fingerprint density at radius 2 is 0.568 bits per heavy atom. The molecule has 2 aliphatic rings. The van der Waals surface area contributed by atoms with E-state index in [2.05, 4.69) is 25.7 Å². The van der Waals surface area contributed by atoms with Crippen LogP contribution in [-0.2, 0) is 0 Å². The zero-order valence-electron chi connectivity index (χ0n) is 30.1. The van der Waals surface area contributed by atoms with Crippen molar-refractivity contribution in [1.29, 1.82) is 0 Å². The molecule has 0 atom stereocenters. The molecular formula is C40H78Br2N2. The minimum Gasteiger partial charge on any atom is -1.00 e.